The van der Waals surface area contributed by atoms with E-state index in [1.54, 1.807) is 0 Å². The number of guanidine groups is 1. The van der Waals surface area contributed by atoms with Crippen LogP contribution in [0.1, 0.15) is 64.7 Å². The SMILES string of the molecule is CCCCCCNC(N)=NCC1COC2(CCCCC2)O1. The second-order valence-corrected chi connectivity index (χ2v) is 6.24. The van der Waals surface area contributed by atoms with Gasteiger partial charge in [-0.05, 0) is 19.3 Å². The summed E-state index contributed by atoms with van der Waals surface area (Å²) in [6.07, 6.45) is 10.8. The lowest BCUT2D eigenvalue weighted by molar-refractivity contribution is -0.186. The predicted molar refractivity (Wildman–Crippen MR) is 85.3 cm³/mol. The predicted octanol–water partition coefficient (Wildman–Crippen LogP) is 2.55. The van der Waals surface area contributed by atoms with E-state index in [0.717, 1.165) is 25.8 Å². The molecule has 1 unspecified atom stereocenters. The molecule has 1 spiro atoms. The molecule has 122 valence electrons. The van der Waals surface area contributed by atoms with E-state index in [-0.39, 0.29) is 11.9 Å². The van der Waals surface area contributed by atoms with Crippen molar-refractivity contribution in [2.75, 3.05) is 19.7 Å². The molecule has 2 aliphatic rings. The van der Waals surface area contributed by atoms with E-state index >= 15 is 0 Å². The van der Waals surface area contributed by atoms with E-state index in [0.29, 0.717) is 19.1 Å². The molecule has 0 aromatic carbocycles. The normalized spacial score (nSPS) is 25.4. The Hall–Kier alpha value is -0.810. The lowest BCUT2D eigenvalue weighted by Gasteiger charge is -2.31. The fraction of sp³-hybridized carbons (Fsp3) is 0.938. The van der Waals surface area contributed by atoms with Crippen LogP contribution in [-0.4, -0.2) is 37.5 Å². The van der Waals surface area contributed by atoms with Crippen LogP contribution in [0.15, 0.2) is 4.99 Å². The van der Waals surface area contributed by atoms with Gasteiger partial charge in [-0.15, -0.1) is 0 Å². The highest BCUT2D eigenvalue weighted by Crippen LogP contribution is 2.37. The van der Waals surface area contributed by atoms with Crippen molar-refractivity contribution in [1.29, 1.82) is 0 Å². The third kappa shape index (κ3) is 5.47. The van der Waals surface area contributed by atoms with Gasteiger partial charge in [-0.25, -0.2) is 0 Å². The number of aliphatic imine (C=N–C) groups is 1. The number of hydrogen-bond acceptors (Lipinski definition) is 3. The van der Waals surface area contributed by atoms with Crippen molar-refractivity contribution in [3.05, 3.63) is 0 Å². The first-order valence-electron chi connectivity index (χ1n) is 8.60. The lowest BCUT2D eigenvalue weighted by Crippen LogP contribution is -2.35. The lowest BCUT2D eigenvalue weighted by atomic mass is 9.94. The van der Waals surface area contributed by atoms with Crippen LogP contribution < -0.4 is 11.1 Å². The second-order valence-electron chi connectivity index (χ2n) is 6.24. The monoisotopic (exact) mass is 297 g/mol. The quantitative estimate of drug-likeness (QED) is 0.430. The summed E-state index contributed by atoms with van der Waals surface area (Å²) in [4.78, 5) is 4.38. The van der Waals surface area contributed by atoms with Gasteiger partial charge in [-0.2, -0.15) is 0 Å². The first-order chi connectivity index (χ1) is 10.2. The number of rotatable bonds is 7. The van der Waals surface area contributed by atoms with Crippen molar-refractivity contribution in [1.82, 2.24) is 5.32 Å². The summed E-state index contributed by atoms with van der Waals surface area (Å²) in [5, 5.41) is 3.17. The van der Waals surface area contributed by atoms with Crippen molar-refractivity contribution in [3.8, 4) is 0 Å². The minimum Gasteiger partial charge on any atom is -0.370 e. The van der Waals surface area contributed by atoms with Gasteiger partial charge in [-0.3, -0.25) is 4.99 Å². The smallest absolute Gasteiger partial charge is 0.188 e. The van der Waals surface area contributed by atoms with Gasteiger partial charge in [0.05, 0.1) is 13.2 Å². The van der Waals surface area contributed by atoms with Crippen molar-refractivity contribution in [3.63, 3.8) is 0 Å². The molecule has 1 saturated heterocycles. The molecule has 0 aromatic heterocycles. The minimum atomic E-state index is -0.305. The van der Waals surface area contributed by atoms with E-state index in [4.69, 9.17) is 15.2 Å². The van der Waals surface area contributed by atoms with E-state index < -0.39 is 0 Å². The molecule has 2 fully saturated rings. The minimum absolute atomic E-state index is 0.0588. The van der Waals surface area contributed by atoms with Crippen molar-refractivity contribution in [2.45, 2.75) is 76.6 Å². The highest BCUT2D eigenvalue weighted by molar-refractivity contribution is 5.77. The number of hydrogen-bond donors (Lipinski definition) is 2. The third-order valence-corrected chi connectivity index (χ3v) is 4.33. The van der Waals surface area contributed by atoms with E-state index in [1.807, 2.05) is 0 Å². The maximum Gasteiger partial charge on any atom is 0.188 e. The summed E-state index contributed by atoms with van der Waals surface area (Å²) in [6.45, 7) is 4.36. The molecule has 3 N–H and O–H groups in total. The zero-order valence-corrected chi connectivity index (χ0v) is 13.4. The molecule has 1 heterocycles. The molecular formula is C16H31N3O2. The molecule has 1 atom stereocenters. The Balaban J connectivity index is 1.62. The van der Waals surface area contributed by atoms with Gasteiger partial charge in [0.2, 0.25) is 0 Å². The highest BCUT2D eigenvalue weighted by Gasteiger charge is 2.41. The van der Waals surface area contributed by atoms with Crippen LogP contribution in [0.3, 0.4) is 0 Å². The first kappa shape index (κ1) is 16.6. The van der Waals surface area contributed by atoms with E-state index in [1.165, 1.54) is 38.5 Å². The Labute approximate surface area is 128 Å². The van der Waals surface area contributed by atoms with Crippen LogP contribution in [0, 0.1) is 0 Å². The molecule has 1 saturated carbocycles. The molecule has 1 aliphatic heterocycles. The topological polar surface area (TPSA) is 68.9 Å². The van der Waals surface area contributed by atoms with Gasteiger partial charge in [0.15, 0.2) is 11.7 Å². The summed E-state index contributed by atoms with van der Waals surface area (Å²) in [5.41, 5.74) is 5.88. The number of ether oxygens (including phenoxy) is 2. The molecule has 0 bridgehead atoms. The van der Waals surface area contributed by atoms with Gasteiger partial charge in [0.25, 0.3) is 0 Å². The second kappa shape index (κ2) is 8.59. The van der Waals surface area contributed by atoms with Crippen molar-refractivity contribution >= 4 is 5.96 Å². The summed E-state index contributed by atoms with van der Waals surface area (Å²) in [5.74, 6) is 0.223. The van der Waals surface area contributed by atoms with Gasteiger partial charge < -0.3 is 20.5 Å². The molecule has 0 radical (unpaired) electrons. The van der Waals surface area contributed by atoms with Crippen LogP contribution in [0.5, 0.6) is 0 Å². The average molecular weight is 297 g/mol. The van der Waals surface area contributed by atoms with Gasteiger partial charge in [0.1, 0.15) is 6.10 Å². The first-order valence-corrected chi connectivity index (χ1v) is 8.60. The number of nitrogens with two attached hydrogens (primary N) is 1. The number of unbranched alkanes of at least 4 members (excludes halogenated alkanes) is 3. The Kier molecular flexibility index (Phi) is 6.77. The summed E-state index contributed by atoms with van der Waals surface area (Å²) in [7, 11) is 0. The Morgan fingerprint density at radius 1 is 1.24 bits per heavy atom. The van der Waals surface area contributed by atoms with Crippen molar-refractivity contribution < 1.29 is 9.47 Å². The highest BCUT2D eigenvalue weighted by atomic mass is 16.7. The molecule has 0 amide bonds. The zero-order chi connectivity index (χ0) is 15.0. The van der Waals surface area contributed by atoms with E-state index in [2.05, 4.69) is 17.2 Å². The largest absolute Gasteiger partial charge is 0.370 e. The Morgan fingerprint density at radius 3 is 2.81 bits per heavy atom. The van der Waals surface area contributed by atoms with E-state index in [9.17, 15) is 0 Å². The van der Waals surface area contributed by atoms with Crippen LogP contribution in [0.2, 0.25) is 0 Å². The fourth-order valence-electron chi connectivity index (χ4n) is 3.08. The van der Waals surface area contributed by atoms with Crippen LogP contribution in [0.4, 0.5) is 0 Å². The standard InChI is InChI=1S/C16H31N3O2/c1-2-3-4-8-11-18-15(17)19-12-14-13-20-16(21-14)9-6-5-7-10-16/h14H,2-13H2,1H3,(H3,17,18,19). The van der Waals surface area contributed by atoms with Gasteiger partial charge in [0, 0.05) is 19.4 Å². The zero-order valence-electron chi connectivity index (χ0n) is 13.4. The number of nitrogens with one attached hydrogen (secondary N) is 1. The van der Waals surface area contributed by atoms with Crippen LogP contribution in [-0.2, 0) is 9.47 Å². The maximum atomic E-state index is 6.09. The Bertz CT molecular complexity index is 327. The average Bonchev–Trinajstić information content (AvgIpc) is 2.88. The molecule has 5 nitrogen and oxygen atoms in total. The van der Waals surface area contributed by atoms with Gasteiger partial charge in [-0.1, -0.05) is 32.6 Å². The fourth-order valence-corrected chi connectivity index (χ4v) is 3.08. The summed E-state index contributed by atoms with van der Waals surface area (Å²) < 4.78 is 12.0. The van der Waals surface area contributed by atoms with Crippen molar-refractivity contribution in [2.24, 2.45) is 10.7 Å². The van der Waals surface area contributed by atoms with Gasteiger partial charge >= 0.3 is 0 Å². The van der Waals surface area contributed by atoms with Crippen LogP contribution >= 0.6 is 0 Å². The molecule has 2 rings (SSSR count). The molecule has 5 heteroatoms. The molecule has 21 heavy (non-hydrogen) atoms. The Morgan fingerprint density at radius 2 is 2.05 bits per heavy atom. The maximum absolute atomic E-state index is 6.09. The summed E-state index contributed by atoms with van der Waals surface area (Å²) in [6, 6.07) is 0. The third-order valence-electron chi connectivity index (χ3n) is 4.33. The summed E-state index contributed by atoms with van der Waals surface area (Å²) >= 11 is 0. The number of nitrogens with zero attached hydrogens (tertiary/aromatic N) is 1. The van der Waals surface area contributed by atoms with Crippen LogP contribution in [0.25, 0.3) is 0 Å². The molecular weight excluding hydrogens is 266 g/mol. The molecule has 0 aromatic rings. The molecule has 1 aliphatic carbocycles.